The molecule has 2 N–H and O–H groups in total. The summed E-state index contributed by atoms with van der Waals surface area (Å²) in [5.41, 5.74) is 3.34. The average molecular weight is 271 g/mol. The lowest BCUT2D eigenvalue weighted by Gasteiger charge is -2.14. The Balaban J connectivity index is 2.04. The van der Waals surface area contributed by atoms with Crippen molar-refractivity contribution in [3.8, 4) is 0 Å². The Morgan fingerprint density at radius 3 is 2.60 bits per heavy atom. The van der Waals surface area contributed by atoms with Crippen LogP contribution >= 0.6 is 0 Å². The Morgan fingerprint density at radius 2 is 1.90 bits per heavy atom. The van der Waals surface area contributed by atoms with Crippen LogP contribution in [0.4, 0.5) is 17.3 Å². The second-order valence-corrected chi connectivity index (χ2v) is 4.96. The summed E-state index contributed by atoms with van der Waals surface area (Å²) in [7, 11) is 4.14. The van der Waals surface area contributed by atoms with Crippen LogP contribution in [0.3, 0.4) is 0 Å². The minimum atomic E-state index is 0.607. The highest BCUT2D eigenvalue weighted by Crippen LogP contribution is 2.21. The maximum Gasteiger partial charge on any atom is 0.227 e. The van der Waals surface area contributed by atoms with Gasteiger partial charge in [-0.3, -0.25) is 0 Å². The molecule has 0 spiro atoms. The van der Waals surface area contributed by atoms with Gasteiger partial charge in [0.05, 0.1) is 0 Å². The van der Waals surface area contributed by atoms with Crippen LogP contribution in [0.25, 0.3) is 0 Å². The molecule has 1 heterocycles. The first-order valence-electron chi connectivity index (χ1n) is 6.68. The number of hydrogen-bond donors (Lipinski definition) is 2. The monoisotopic (exact) mass is 271 g/mol. The summed E-state index contributed by atoms with van der Waals surface area (Å²) in [5.74, 6) is 0.607. The first-order valence-corrected chi connectivity index (χ1v) is 6.68. The normalized spacial score (nSPS) is 10.6. The quantitative estimate of drug-likeness (QED) is 0.845. The molecule has 0 fully saturated rings. The predicted molar refractivity (Wildman–Crippen MR) is 83.5 cm³/mol. The Hall–Kier alpha value is -2.14. The smallest absolute Gasteiger partial charge is 0.227 e. The third kappa shape index (κ3) is 4.20. The van der Waals surface area contributed by atoms with Crippen LogP contribution in [0.15, 0.2) is 36.7 Å². The molecule has 2 rings (SSSR count). The zero-order valence-corrected chi connectivity index (χ0v) is 12.2. The van der Waals surface area contributed by atoms with Crippen molar-refractivity contribution in [3.05, 3.63) is 42.2 Å². The molecule has 20 heavy (non-hydrogen) atoms. The van der Waals surface area contributed by atoms with E-state index < -0.39 is 0 Å². The maximum absolute atomic E-state index is 4.16. The lowest BCUT2D eigenvalue weighted by Crippen LogP contribution is -2.21. The van der Waals surface area contributed by atoms with Crippen molar-refractivity contribution >= 4 is 17.3 Å². The average Bonchev–Trinajstić information content (AvgIpc) is 2.43. The van der Waals surface area contributed by atoms with E-state index in [0.717, 1.165) is 24.5 Å². The molecule has 0 radical (unpaired) electrons. The van der Waals surface area contributed by atoms with E-state index in [-0.39, 0.29) is 0 Å². The number of likely N-dealkylation sites (N-methyl/N-ethyl adjacent to an activating group) is 1. The minimum absolute atomic E-state index is 0.607. The number of aryl methyl sites for hydroxylation is 1. The third-order valence-corrected chi connectivity index (χ3v) is 2.93. The molecule has 0 saturated carbocycles. The molecule has 2 aromatic rings. The molecule has 0 atom stereocenters. The van der Waals surface area contributed by atoms with Crippen molar-refractivity contribution < 1.29 is 0 Å². The SMILES string of the molecule is Cc1ccc(Nc2ncccn2)cc1NCCN(C)C. The molecule has 0 saturated heterocycles. The van der Waals surface area contributed by atoms with Crippen molar-refractivity contribution in [1.29, 1.82) is 0 Å². The fourth-order valence-corrected chi connectivity index (χ4v) is 1.80. The summed E-state index contributed by atoms with van der Waals surface area (Å²) in [5, 5.41) is 6.65. The number of benzene rings is 1. The van der Waals surface area contributed by atoms with Gasteiger partial charge in [-0.15, -0.1) is 0 Å². The molecule has 0 aliphatic rings. The number of anilines is 3. The van der Waals surface area contributed by atoms with Gasteiger partial charge in [0.15, 0.2) is 0 Å². The van der Waals surface area contributed by atoms with Crippen LogP contribution in [0.2, 0.25) is 0 Å². The molecule has 106 valence electrons. The molecule has 1 aromatic carbocycles. The fraction of sp³-hybridized carbons (Fsp3) is 0.333. The molecule has 0 aliphatic carbocycles. The van der Waals surface area contributed by atoms with E-state index in [2.05, 4.69) is 58.7 Å². The van der Waals surface area contributed by atoms with E-state index in [1.807, 2.05) is 6.07 Å². The second kappa shape index (κ2) is 6.86. The van der Waals surface area contributed by atoms with Crippen molar-refractivity contribution in [2.45, 2.75) is 6.92 Å². The van der Waals surface area contributed by atoms with Crippen LogP contribution in [-0.2, 0) is 0 Å². The molecular formula is C15H21N5. The lowest BCUT2D eigenvalue weighted by molar-refractivity contribution is 0.425. The van der Waals surface area contributed by atoms with Crippen LogP contribution in [0, 0.1) is 6.92 Å². The van der Waals surface area contributed by atoms with E-state index >= 15 is 0 Å². The number of rotatable bonds is 6. The Kier molecular flexibility index (Phi) is 4.90. The van der Waals surface area contributed by atoms with Crippen molar-refractivity contribution in [2.24, 2.45) is 0 Å². The number of aromatic nitrogens is 2. The summed E-state index contributed by atoms with van der Waals surface area (Å²) in [6, 6.07) is 8.00. The zero-order valence-electron chi connectivity index (χ0n) is 12.2. The Morgan fingerprint density at radius 1 is 1.15 bits per heavy atom. The van der Waals surface area contributed by atoms with Gasteiger partial charge in [-0.05, 0) is 44.8 Å². The maximum atomic E-state index is 4.16. The summed E-state index contributed by atoms with van der Waals surface area (Å²) >= 11 is 0. The first kappa shape index (κ1) is 14.3. The zero-order chi connectivity index (χ0) is 14.4. The molecule has 5 nitrogen and oxygen atoms in total. The van der Waals surface area contributed by atoms with Crippen LogP contribution < -0.4 is 10.6 Å². The predicted octanol–water partition coefficient (Wildman–Crippen LogP) is 2.50. The van der Waals surface area contributed by atoms with Crippen LogP contribution in [-0.4, -0.2) is 42.1 Å². The number of hydrogen-bond acceptors (Lipinski definition) is 5. The van der Waals surface area contributed by atoms with Crippen molar-refractivity contribution in [3.63, 3.8) is 0 Å². The highest BCUT2D eigenvalue weighted by molar-refractivity contribution is 5.64. The van der Waals surface area contributed by atoms with Gasteiger partial charge in [-0.2, -0.15) is 0 Å². The molecule has 0 unspecified atom stereocenters. The Labute approximate surface area is 120 Å². The molecule has 0 aliphatic heterocycles. The standard InChI is InChI=1S/C15H21N5/c1-12-5-6-13(19-15-17-7-4-8-18-15)11-14(12)16-9-10-20(2)3/h4-8,11,16H,9-10H2,1-3H3,(H,17,18,19). The topological polar surface area (TPSA) is 53.1 Å². The van der Waals surface area contributed by atoms with Gasteiger partial charge in [-0.25, -0.2) is 9.97 Å². The molecule has 0 bridgehead atoms. The van der Waals surface area contributed by atoms with Gasteiger partial charge in [0.1, 0.15) is 0 Å². The largest absolute Gasteiger partial charge is 0.383 e. The first-order chi connectivity index (χ1) is 9.65. The van der Waals surface area contributed by atoms with Crippen molar-refractivity contribution in [1.82, 2.24) is 14.9 Å². The summed E-state index contributed by atoms with van der Waals surface area (Å²) in [6.07, 6.45) is 3.44. The van der Waals surface area contributed by atoms with Crippen molar-refractivity contribution in [2.75, 3.05) is 37.8 Å². The second-order valence-electron chi connectivity index (χ2n) is 4.96. The minimum Gasteiger partial charge on any atom is -0.383 e. The summed E-state index contributed by atoms with van der Waals surface area (Å²) in [4.78, 5) is 10.5. The Bertz CT molecular complexity index is 539. The molecular weight excluding hydrogens is 250 g/mol. The van der Waals surface area contributed by atoms with Gasteiger partial charge in [0.2, 0.25) is 5.95 Å². The van der Waals surface area contributed by atoms with Crippen LogP contribution in [0.1, 0.15) is 5.56 Å². The summed E-state index contributed by atoms with van der Waals surface area (Å²) < 4.78 is 0. The summed E-state index contributed by atoms with van der Waals surface area (Å²) in [6.45, 7) is 4.01. The molecule has 5 heteroatoms. The van der Waals surface area contributed by atoms with Gasteiger partial charge in [0, 0.05) is 36.9 Å². The fourth-order valence-electron chi connectivity index (χ4n) is 1.80. The number of nitrogens with zero attached hydrogens (tertiary/aromatic N) is 3. The van der Waals surface area contributed by atoms with Gasteiger partial charge >= 0.3 is 0 Å². The molecule has 0 amide bonds. The lowest BCUT2D eigenvalue weighted by atomic mass is 10.2. The molecule has 1 aromatic heterocycles. The van der Waals surface area contributed by atoms with Gasteiger partial charge < -0.3 is 15.5 Å². The van der Waals surface area contributed by atoms with E-state index in [9.17, 15) is 0 Å². The van der Waals surface area contributed by atoms with E-state index in [0.29, 0.717) is 5.95 Å². The van der Waals surface area contributed by atoms with Crippen LogP contribution in [0.5, 0.6) is 0 Å². The number of nitrogens with one attached hydrogen (secondary N) is 2. The van der Waals surface area contributed by atoms with Gasteiger partial charge in [-0.1, -0.05) is 6.07 Å². The van der Waals surface area contributed by atoms with E-state index in [1.54, 1.807) is 18.5 Å². The highest BCUT2D eigenvalue weighted by Gasteiger charge is 2.02. The highest BCUT2D eigenvalue weighted by atomic mass is 15.1. The van der Waals surface area contributed by atoms with Gasteiger partial charge in [0.25, 0.3) is 0 Å². The van der Waals surface area contributed by atoms with E-state index in [4.69, 9.17) is 0 Å². The third-order valence-electron chi connectivity index (χ3n) is 2.93. The van der Waals surface area contributed by atoms with E-state index in [1.165, 1.54) is 5.56 Å².